The number of hydrogen-bond acceptors (Lipinski definition) is 8. The maximum Gasteiger partial charge on any atom is 0.314 e. The third kappa shape index (κ3) is 3.38. The topological polar surface area (TPSA) is 112 Å². The van der Waals surface area contributed by atoms with Crippen molar-refractivity contribution in [1.82, 2.24) is 30.2 Å². The highest BCUT2D eigenvalue weighted by atomic mass is 32.1. The van der Waals surface area contributed by atoms with Gasteiger partial charge < -0.3 is 9.73 Å². The van der Waals surface area contributed by atoms with Gasteiger partial charge in [-0.3, -0.25) is 4.79 Å². The van der Waals surface area contributed by atoms with Crippen LogP contribution in [0.3, 0.4) is 0 Å². The minimum atomic E-state index is -2.80. The van der Waals surface area contributed by atoms with Crippen LogP contribution in [0.4, 0.5) is 14.6 Å². The summed E-state index contributed by atoms with van der Waals surface area (Å²) in [7, 11) is 0. The number of nitrogens with one attached hydrogen (secondary N) is 1. The molecular formula is C19H15F2N7O2S. The summed E-state index contributed by atoms with van der Waals surface area (Å²) >= 11 is 1.34. The van der Waals surface area contributed by atoms with E-state index >= 15 is 0 Å². The second-order valence-electron chi connectivity index (χ2n) is 7.51. The zero-order chi connectivity index (χ0) is 21.8. The molecule has 5 heterocycles. The van der Waals surface area contributed by atoms with E-state index in [4.69, 9.17) is 4.42 Å². The van der Waals surface area contributed by atoms with Crippen molar-refractivity contribution in [2.75, 3.05) is 5.32 Å². The fraction of sp³-hybridized carbons (Fsp3) is 0.263. The maximum absolute atomic E-state index is 12.6. The van der Waals surface area contributed by atoms with Crippen LogP contribution in [0, 0.1) is 0 Å². The van der Waals surface area contributed by atoms with Gasteiger partial charge in [0.25, 0.3) is 11.8 Å². The van der Waals surface area contributed by atoms with E-state index in [1.165, 1.54) is 11.3 Å². The number of rotatable bonds is 5. The van der Waals surface area contributed by atoms with Crippen molar-refractivity contribution < 1.29 is 18.0 Å². The lowest BCUT2D eigenvalue weighted by Gasteiger charge is -2.14. The number of thiophene rings is 1. The van der Waals surface area contributed by atoms with Gasteiger partial charge >= 0.3 is 6.43 Å². The Labute approximate surface area is 178 Å². The number of carbonyl (C=O) groups excluding carboxylic acids is 1. The van der Waals surface area contributed by atoms with Crippen LogP contribution in [0.1, 0.15) is 36.6 Å². The Kier molecular flexibility index (Phi) is 4.39. The van der Waals surface area contributed by atoms with Crippen molar-refractivity contribution in [3.8, 4) is 22.0 Å². The molecule has 5 rings (SSSR count). The molecule has 1 aliphatic rings. The third-order valence-electron chi connectivity index (χ3n) is 5.01. The summed E-state index contributed by atoms with van der Waals surface area (Å²) in [6.07, 6.45) is 0.623. The van der Waals surface area contributed by atoms with Gasteiger partial charge in [0, 0.05) is 22.2 Å². The summed E-state index contributed by atoms with van der Waals surface area (Å²) in [5.74, 6) is -0.172. The number of aromatic nitrogens is 6. The summed E-state index contributed by atoms with van der Waals surface area (Å²) in [4.78, 5) is 18.0. The number of pyridine rings is 1. The second-order valence-corrected chi connectivity index (χ2v) is 8.68. The largest absolute Gasteiger partial charge is 0.414 e. The van der Waals surface area contributed by atoms with Gasteiger partial charge in [0.1, 0.15) is 11.5 Å². The van der Waals surface area contributed by atoms with Gasteiger partial charge in [0.15, 0.2) is 0 Å². The van der Waals surface area contributed by atoms with Gasteiger partial charge in [-0.25, -0.2) is 9.67 Å². The molecule has 31 heavy (non-hydrogen) atoms. The van der Waals surface area contributed by atoms with Crippen molar-refractivity contribution in [1.29, 1.82) is 0 Å². The lowest BCUT2D eigenvalue weighted by Crippen LogP contribution is -2.26. The Morgan fingerprint density at radius 1 is 1.26 bits per heavy atom. The Bertz CT molecular complexity index is 1290. The zero-order valence-corrected chi connectivity index (χ0v) is 17.2. The molecule has 0 radical (unpaired) electrons. The average molecular weight is 443 g/mol. The molecule has 158 valence electrons. The predicted octanol–water partition coefficient (Wildman–Crippen LogP) is 3.67. The second kappa shape index (κ2) is 7.01. The van der Waals surface area contributed by atoms with Gasteiger partial charge in [-0.15, -0.1) is 26.6 Å². The number of fused-ring (bicyclic) bond motifs is 1. The standard InChI is InChI=1S/C19H15F2N7O2S/c1-19(2)11-5-9(6-22-15(11)23-18(19)29)12-8-28(27-24-12)7-10-3-4-13(31-10)16-25-26-17(30-16)14(20)21/h3-6,8,14H,7H2,1-2H3,(H,22,23,29). The number of anilines is 1. The molecule has 0 bridgehead atoms. The van der Waals surface area contributed by atoms with Crippen molar-refractivity contribution in [3.63, 3.8) is 0 Å². The molecule has 4 aromatic heterocycles. The predicted molar refractivity (Wildman–Crippen MR) is 107 cm³/mol. The van der Waals surface area contributed by atoms with Crippen LogP contribution >= 0.6 is 11.3 Å². The summed E-state index contributed by atoms with van der Waals surface area (Å²) < 4.78 is 31.9. The summed E-state index contributed by atoms with van der Waals surface area (Å²) in [5, 5.41) is 18.1. The van der Waals surface area contributed by atoms with Crippen LogP contribution in [0.15, 0.2) is 35.0 Å². The number of carbonyl (C=O) groups is 1. The van der Waals surface area contributed by atoms with Crippen molar-refractivity contribution in [2.45, 2.75) is 32.2 Å². The quantitative estimate of drug-likeness (QED) is 0.501. The highest BCUT2D eigenvalue weighted by Crippen LogP contribution is 2.37. The molecule has 0 spiro atoms. The number of amides is 1. The monoisotopic (exact) mass is 443 g/mol. The van der Waals surface area contributed by atoms with E-state index < -0.39 is 17.7 Å². The van der Waals surface area contributed by atoms with Crippen LogP contribution in [0.5, 0.6) is 0 Å². The zero-order valence-electron chi connectivity index (χ0n) is 16.3. The van der Waals surface area contributed by atoms with E-state index in [0.29, 0.717) is 22.9 Å². The molecule has 1 amide bonds. The summed E-state index contributed by atoms with van der Waals surface area (Å²) in [6.45, 7) is 4.12. The van der Waals surface area contributed by atoms with Crippen LogP contribution in [0.25, 0.3) is 22.0 Å². The maximum atomic E-state index is 12.6. The first kappa shape index (κ1) is 19.4. The Balaban J connectivity index is 1.35. The van der Waals surface area contributed by atoms with Crippen molar-refractivity contribution in [3.05, 3.63) is 46.9 Å². The molecule has 0 saturated carbocycles. The highest BCUT2D eigenvalue weighted by molar-refractivity contribution is 7.15. The van der Waals surface area contributed by atoms with E-state index in [-0.39, 0.29) is 11.8 Å². The molecular weight excluding hydrogens is 428 g/mol. The van der Waals surface area contributed by atoms with Gasteiger partial charge in [-0.2, -0.15) is 8.78 Å². The van der Waals surface area contributed by atoms with Gasteiger partial charge in [-0.1, -0.05) is 5.21 Å². The van der Waals surface area contributed by atoms with Crippen molar-refractivity contribution in [2.24, 2.45) is 0 Å². The van der Waals surface area contributed by atoms with Crippen molar-refractivity contribution >= 4 is 23.1 Å². The van der Waals surface area contributed by atoms with Gasteiger partial charge in [0.05, 0.1) is 23.0 Å². The van der Waals surface area contributed by atoms with Gasteiger partial charge in [-0.05, 0) is 32.0 Å². The Hall–Kier alpha value is -3.54. The molecule has 1 aliphatic heterocycles. The van der Waals surface area contributed by atoms with E-state index in [9.17, 15) is 13.6 Å². The molecule has 0 aliphatic carbocycles. The van der Waals surface area contributed by atoms with E-state index in [0.717, 1.165) is 16.0 Å². The van der Waals surface area contributed by atoms with Crippen LogP contribution in [-0.4, -0.2) is 36.1 Å². The summed E-state index contributed by atoms with van der Waals surface area (Å²) in [6, 6.07) is 5.47. The molecule has 0 fully saturated rings. The molecule has 9 nitrogen and oxygen atoms in total. The first-order valence-corrected chi connectivity index (χ1v) is 10.1. The molecule has 0 atom stereocenters. The third-order valence-corrected chi connectivity index (χ3v) is 6.07. The number of alkyl halides is 2. The van der Waals surface area contributed by atoms with Gasteiger partial charge in [0.2, 0.25) is 5.91 Å². The molecule has 0 unspecified atom stereocenters. The highest BCUT2D eigenvalue weighted by Gasteiger charge is 2.39. The van der Waals surface area contributed by atoms with E-state index in [1.54, 1.807) is 23.1 Å². The normalized spacial score (nSPS) is 14.8. The average Bonchev–Trinajstić information content (AvgIpc) is 3.51. The van der Waals surface area contributed by atoms with Crippen LogP contribution < -0.4 is 5.32 Å². The number of nitrogens with zero attached hydrogens (tertiary/aromatic N) is 6. The molecule has 4 aromatic rings. The van der Waals surface area contributed by atoms with Crippen LogP contribution in [0.2, 0.25) is 0 Å². The van der Waals surface area contributed by atoms with E-state index in [2.05, 4.69) is 30.8 Å². The fourth-order valence-electron chi connectivity index (χ4n) is 3.23. The Morgan fingerprint density at radius 2 is 2.10 bits per heavy atom. The smallest absolute Gasteiger partial charge is 0.314 e. The molecule has 0 aromatic carbocycles. The molecule has 1 N–H and O–H groups in total. The number of hydrogen-bond donors (Lipinski definition) is 1. The Morgan fingerprint density at radius 3 is 2.87 bits per heavy atom. The first-order chi connectivity index (χ1) is 14.8. The van der Waals surface area contributed by atoms with E-state index in [1.807, 2.05) is 26.0 Å². The lowest BCUT2D eigenvalue weighted by molar-refractivity contribution is -0.119. The lowest BCUT2D eigenvalue weighted by atomic mass is 9.86. The molecule has 12 heteroatoms. The SMILES string of the molecule is CC1(C)C(=O)Nc2ncc(-c3cn(Cc4ccc(-c5nnc(C(F)F)o5)s4)nn3)cc21. The minimum Gasteiger partial charge on any atom is -0.414 e. The fourth-order valence-corrected chi connectivity index (χ4v) is 4.16. The molecule has 0 saturated heterocycles. The first-order valence-electron chi connectivity index (χ1n) is 9.24. The van der Waals surface area contributed by atoms with Crippen LogP contribution in [-0.2, 0) is 16.8 Å². The number of halogens is 2. The minimum absolute atomic E-state index is 0.0563. The summed E-state index contributed by atoms with van der Waals surface area (Å²) in [5.41, 5.74) is 1.53.